The van der Waals surface area contributed by atoms with Crippen molar-refractivity contribution in [1.82, 2.24) is 15.7 Å². The second-order valence-electron chi connectivity index (χ2n) is 8.00. The van der Waals surface area contributed by atoms with Crippen LogP contribution in [-0.4, -0.2) is 46.1 Å². The molecular formula is C18H30N6O. The van der Waals surface area contributed by atoms with Crippen molar-refractivity contribution in [2.45, 2.75) is 71.0 Å². The second kappa shape index (κ2) is 7.54. The summed E-state index contributed by atoms with van der Waals surface area (Å²) in [5.74, 6) is 0.532. The van der Waals surface area contributed by atoms with Gasteiger partial charge in [0.05, 0.1) is 11.7 Å². The molecule has 0 spiro atoms. The lowest BCUT2D eigenvalue weighted by molar-refractivity contribution is -0.231. The van der Waals surface area contributed by atoms with Gasteiger partial charge in [0.15, 0.2) is 6.19 Å². The number of nitrogens with zero attached hydrogens (tertiary/aromatic N) is 4. The summed E-state index contributed by atoms with van der Waals surface area (Å²) in [6.45, 7) is 11.1. The zero-order valence-corrected chi connectivity index (χ0v) is 15.9. The first kappa shape index (κ1) is 19.4. The molecule has 0 radical (unpaired) electrons. The second-order valence-corrected chi connectivity index (χ2v) is 8.00. The van der Waals surface area contributed by atoms with Crippen LogP contribution in [0.4, 0.5) is 0 Å². The topological polar surface area (TPSA) is 96.0 Å². The average molecular weight is 346 g/mol. The molecule has 2 unspecified atom stereocenters. The van der Waals surface area contributed by atoms with Crippen LogP contribution in [0, 0.1) is 17.4 Å². The van der Waals surface area contributed by atoms with Crippen LogP contribution >= 0.6 is 0 Å². The lowest BCUT2D eigenvalue weighted by atomic mass is 9.83. The number of nitriles is 1. The van der Waals surface area contributed by atoms with Gasteiger partial charge in [-0.2, -0.15) is 10.3 Å². The van der Waals surface area contributed by atoms with Crippen molar-refractivity contribution in [2.24, 2.45) is 15.9 Å². The molecule has 2 aliphatic heterocycles. The van der Waals surface area contributed by atoms with E-state index in [1.165, 1.54) is 5.06 Å². The number of rotatable bonds is 2. The van der Waals surface area contributed by atoms with Crippen LogP contribution in [0.25, 0.3) is 0 Å². The van der Waals surface area contributed by atoms with Gasteiger partial charge in [-0.15, -0.1) is 0 Å². The molecule has 0 amide bonds. The summed E-state index contributed by atoms with van der Waals surface area (Å²) in [6.07, 6.45) is 8.27. The summed E-state index contributed by atoms with van der Waals surface area (Å²) in [5, 5.41) is 27.0. The van der Waals surface area contributed by atoms with E-state index in [1.807, 2.05) is 40.0 Å². The largest absolute Gasteiger partial charge is 0.324 e. The lowest BCUT2D eigenvalue weighted by Gasteiger charge is -2.45. The highest BCUT2D eigenvalue weighted by Crippen LogP contribution is 2.39. The summed E-state index contributed by atoms with van der Waals surface area (Å²) in [5.41, 5.74) is 0.0892. The van der Waals surface area contributed by atoms with Crippen molar-refractivity contribution in [3.8, 4) is 6.19 Å². The molecule has 1 fully saturated rings. The molecule has 2 atom stereocenters. The normalized spacial score (nSPS) is 29.3. The van der Waals surface area contributed by atoms with E-state index in [2.05, 4.69) is 22.5 Å². The zero-order valence-electron chi connectivity index (χ0n) is 15.9. The Morgan fingerprint density at radius 1 is 1.44 bits per heavy atom. The minimum Gasteiger partial charge on any atom is -0.324 e. The molecule has 138 valence electrons. The van der Waals surface area contributed by atoms with E-state index in [0.717, 1.165) is 31.5 Å². The molecule has 0 aromatic heterocycles. The Morgan fingerprint density at radius 3 is 2.76 bits per heavy atom. The fraction of sp³-hybridized carbons (Fsp3) is 0.722. The third-order valence-corrected chi connectivity index (χ3v) is 5.45. The Labute approximate surface area is 150 Å². The Balaban J connectivity index is 2.26. The summed E-state index contributed by atoms with van der Waals surface area (Å²) in [7, 11) is 0. The van der Waals surface area contributed by atoms with Crippen molar-refractivity contribution < 1.29 is 5.21 Å². The lowest BCUT2D eigenvalue weighted by Crippen LogP contribution is -2.56. The summed E-state index contributed by atoms with van der Waals surface area (Å²) in [6, 6.07) is -0.0177. The Bertz CT molecular complexity index is 614. The third-order valence-electron chi connectivity index (χ3n) is 5.45. The molecule has 7 nitrogen and oxygen atoms in total. The van der Waals surface area contributed by atoms with Crippen LogP contribution in [0.5, 0.6) is 0 Å². The first-order chi connectivity index (χ1) is 11.7. The molecule has 0 bridgehead atoms. The Morgan fingerprint density at radius 2 is 2.16 bits per heavy atom. The molecule has 7 heteroatoms. The maximum atomic E-state index is 10.7. The maximum absolute atomic E-state index is 10.7. The zero-order chi connectivity index (χ0) is 18.7. The smallest absolute Gasteiger partial charge is 0.209 e. The minimum absolute atomic E-state index is 0.0177. The molecular weight excluding hydrogens is 316 g/mol. The third kappa shape index (κ3) is 4.39. The molecule has 2 aliphatic rings. The summed E-state index contributed by atoms with van der Waals surface area (Å²) in [4.78, 5) is 9.03. The van der Waals surface area contributed by atoms with E-state index in [9.17, 15) is 5.21 Å². The number of hydrogen-bond donors (Lipinski definition) is 3. The number of nitrogens with one attached hydrogen (secondary N) is 2. The van der Waals surface area contributed by atoms with Crippen LogP contribution in [-0.2, 0) is 0 Å². The average Bonchev–Trinajstić information content (AvgIpc) is 2.62. The van der Waals surface area contributed by atoms with Crippen LogP contribution in [0.1, 0.15) is 53.9 Å². The van der Waals surface area contributed by atoms with Gasteiger partial charge >= 0.3 is 0 Å². The van der Waals surface area contributed by atoms with E-state index in [1.54, 1.807) is 6.21 Å². The van der Waals surface area contributed by atoms with E-state index in [4.69, 9.17) is 10.3 Å². The van der Waals surface area contributed by atoms with Crippen LogP contribution in [0.15, 0.2) is 21.8 Å². The molecule has 2 heterocycles. The van der Waals surface area contributed by atoms with Gasteiger partial charge in [0.2, 0.25) is 5.96 Å². The van der Waals surface area contributed by atoms with Gasteiger partial charge in [0.25, 0.3) is 0 Å². The number of hydrogen-bond acceptors (Lipinski definition) is 5. The highest BCUT2D eigenvalue weighted by Gasteiger charge is 2.46. The monoisotopic (exact) mass is 346 g/mol. The Hall–Kier alpha value is -1.91. The van der Waals surface area contributed by atoms with E-state index in [0.29, 0.717) is 5.96 Å². The molecule has 0 saturated carbocycles. The molecule has 0 aromatic carbocycles. The number of dihydropyridines is 1. The predicted molar refractivity (Wildman–Crippen MR) is 99.3 cm³/mol. The summed E-state index contributed by atoms with van der Waals surface area (Å²) < 4.78 is 0. The van der Waals surface area contributed by atoms with Gasteiger partial charge < -0.3 is 10.5 Å². The maximum Gasteiger partial charge on any atom is 0.209 e. The van der Waals surface area contributed by atoms with Gasteiger partial charge in [-0.25, -0.2) is 4.99 Å². The molecule has 0 aromatic rings. The molecule has 25 heavy (non-hydrogen) atoms. The van der Waals surface area contributed by atoms with Gasteiger partial charge in [0.1, 0.15) is 0 Å². The fourth-order valence-corrected chi connectivity index (χ4v) is 3.52. The molecule has 2 rings (SSSR count). The van der Waals surface area contributed by atoms with E-state index in [-0.39, 0.29) is 17.5 Å². The highest BCUT2D eigenvalue weighted by molar-refractivity contribution is 5.90. The number of guanidine groups is 1. The first-order valence-corrected chi connectivity index (χ1v) is 8.87. The van der Waals surface area contributed by atoms with Crippen LogP contribution in [0.3, 0.4) is 0 Å². The van der Waals surface area contributed by atoms with Crippen LogP contribution in [0.2, 0.25) is 0 Å². The molecule has 0 aliphatic carbocycles. The first-order valence-electron chi connectivity index (χ1n) is 8.87. The molecule has 1 saturated heterocycles. The fourth-order valence-electron chi connectivity index (χ4n) is 3.52. The van der Waals surface area contributed by atoms with Crippen molar-refractivity contribution in [3.05, 3.63) is 11.8 Å². The number of allylic oxidation sites excluding steroid dienone is 1. The Kier molecular flexibility index (Phi) is 5.86. The standard InChI is InChI=1S/C18H30N6O/c1-13-15(8-9-17(2,3)24(25)18(13,4)5)23-16(21-12-19)22-14-7-6-10-20-11-14/h7,11,13,15,25H,6,8-10H2,1-5H3,(H2,21,22,23). The van der Waals surface area contributed by atoms with Crippen LogP contribution < -0.4 is 10.6 Å². The van der Waals surface area contributed by atoms with Crippen molar-refractivity contribution in [2.75, 3.05) is 6.54 Å². The van der Waals surface area contributed by atoms with Crippen molar-refractivity contribution in [3.63, 3.8) is 0 Å². The summed E-state index contributed by atoms with van der Waals surface area (Å²) >= 11 is 0. The van der Waals surface area contributed by atoms with Gasteiger partial charge in [-0.05, 0) is 52.9 Å². The van der Waals surface area contributed by atoms with Gasteiger partial charge in [-0.1, -0.05) is 13.0 Å². The van der Waals surface area contributed by atoms with Gasteiger partial charge in [0, 0.05) is 23.8 Å². The predicted octanol–water partition coefficient (Wildman–Crippen LogP) is 2.41. The van der Waals surface area contributed by atoms with Gasteiger partial charge in [-0.3, -0.25) is 10.3 Å². The van der Waals surface area contributed by atoms with Crippen molar-refractivity contribution in [1.29, 1.82) is 5.26 Å². The number of aliphatic imine (C=N–C) groups is 2. The van der Waals surface area contributed by atoms with E-state index < -0.39 is 5.54 Å². The van der Waals surface area contributed by atoms with E-state index >= 15 is 0 Å². The molecule has 3 N–H and O–H groups in total. The highest BCUT2D eigenvalue weighted by atomic mass is 16.5. The minimum atomic E-state index is -0.433. The quantitative estimate of drug-likeness (QED) is 0.309. The number of hydroxylamine groups is 2. The van der Waals surface area contributed by atoms with Crippen molar-refractivity contribution >= 4 is 12.2 Å². The SMILES string of the molecule is CC1C(N=C(NC#N)NC2=CCCN=C2)CCC(C)(C)N(O)C1(C)C.